The molecule has 0 atom stereocenters. The Hall–Kier alpha value is -0.500. The van der Waals surface area contributed by atoms with Gasteiger partial charge in [-0.25, -0.2) is 0 Å². The molecule has 0 spiro atoms. The first kappa shape index (κ1) is 11.6. The van der Waals surface area contributed by atoms with E-state index in [9.17, 15) is 0 Å². The average Bonchev–Trinajstić information content (AvgIpc) is 2.26. The van der Waals surface area contributed by atoms with Crippen LogP contribution in [0.25, 0.3) is 0 Å². The summed E-state index contributed by atoms with van der Waals surface area (Å²) in [5.74, 6) is 2.33. The van der Waals surface area contributed by atoms with E-state index in [1.807, 2.05) is 0 Å². The highest BCUT2D eigenvalue weighted by Gasteiger charge is 2.19. The van der Waals surface area contributed by atoms with E-state index in [1.54, 1.807) is 0 Å². The predicted molar refractivity (Wildman–Crippen MR) is 60.2 cm³/mol. The van der Waals surface area contributed by atoms with Gasteiger partial charge in [0.1, 0.15) is 6.61 Å². The van der Waals surface area contributed by atoms with Crippen LogP contribution in [0, 0.1) is 11.8 Å². The van der Waals surface area contributed by atoms with Crippen molar-refractivity contribution in [1.29, 1.82) is 0 Å². The molecule has 0 fully saturated rings. The molecule has 1 heterocycles. The van der Waals surface area contributed by atoms with Crippen molar-refractivity contribution >= 4 is 0 Å². The van der Waals surface area contributed by atoms with Crippen LogP contribution in [0.2, 0.25) is 0 Å². The lowest BCUT2D eigenvalue weighted by Crippen LogP contribution is -2.23. The minimum atomic E-state index is 0.513. The zero-order valence-electron chi connectivity index (χ0n) is 10.1. The Morgan fingerprint density at radius 2 is 1.79 bits per heavy atom. The number of likely N-dealkylation sites (N-methyl/N-ethyl adjacent to an activating group) is 1. The van der Waals surface area contributed by atoms with Gasteiger partial charge in [0.25, 0.3) is 0 Å². The second-order valence-corrected chi connectivity index (χ2v) is 4.79. The van der Waals surface area contributed by atoms with E-state index in [4.69, 9.17) is 4.74 Å². The highest BCUT2D eigenvalue weighted by Crippen LogP contribution is 2.24. The van der Waals surface area contributed by atoms with Crippen molar-refractivity contribution in [3.05, 3.63) is 11.3 Å². The summed E-state index contributed by atoms with van der Waals surface area (Å²) in [7, 11) is 2.16. The lowest BCUT2D eigenvalue weighted by Gasteiger charge is -2.20. The molecule has 0 radical (unpaired) electrons. The molecule has 14 heavy (non-hydrogen) atoms. The highest BCUT2D eigenvalue weighted by atomic mass is 16.5. The number of nitrogens with zero attached hydrogens (tertiary/aromatic N) is 1. The first-order valence-electron chi connectivity index (χ1n) is 5.56. The van der Waals surface area contributed by atoms with Crippen molar-refractivity contribution in [2.24, 2.45) is 11.8 Å². The summed E-state index contributed by atoms with van der Waals surface area (Å²) < 4.78 is 5.85. The third kappa shape index (κ3) is 2.74. The van der Waals surface area contributed by atoms with E-state index in [0.717, 1.165) is 19.7 Å². The predicted octanol–water partition coefficient (Wildman–Crippen LogP) is 2.51. The second kappa shape index (κ2) is 4.83. The number of hydrogen-bond donors (Lipinski definition) is 0. The fourth-order valence-electron chi connectivity index (χ4n) is 1.86. The molecule has 0 aliphatic carbocycles. The van der Waals surface area contributed by atoms with E-state index < -0.39 is 0 Å². The van der Waals surface area contributed by atoms with Crippen molar-refractivity contribution < 1.29 is 4.74 Å². The molecule has 0 bridgehead atoms. The summed E-state index contributed by atoms with van der Waals surface area (Å²) in [6, 6.07) is 0. The Bertz CT molecular complexity index is 218. The smallest absolute Gasteiger partial charge is 0.100 e. The molecule has 82 valence electrons. The van der Waals surface area contributed by atoms with Crippen LogP contribution in [0.15, 0.2) is 11.3 Å². The van der Waals surface area contributed by atoms with Crippen molar-refractivity contribution in [1.82, 2.24) is 4.90 Å². The topological polar surface area (TPSA) is 12.5 Å². The van der Waals surface area contributed by atoms with E-state index in [0.29, 0.717) is 11.8 Å². The molecule has 2 heteroatoms. The van der Waals surface area contributed by atoms with Gasteiger partial charge < -0.3 is 4.74 Å². The monoisotopic (exact) mass is 197 g/mol. The Morgan fingerprint density at radius 3 is 2.29 bits per heavy atom. The molecule has 1 aliphatic rings. The maximum Gasteiger partial charge on any atom is 0.100 e. The molecular weight excluding hydrogens is 174 g/mol. The summed E-state index contributed by atoms with van der Waals surface area (Å²) in [4.78, 5) is 2.34. The van der Waals surface area contributed by atoms with E-state index >= 15 is 0 Å². The fourth-order valence-corrected chi connectivity index (χ4v) is 1.86. The third-order valence-corrected chi connectivity index (χ3v) is 2.71. The van der Waals surface area contributed by atoms with Gasteiger partial charge in [0, 0.05) is 19.0 Å². The molecule has 0 N–H and O–H groups in total. The lowest BCUT2D eigenvalue weighted by molar-refractivity contribution is 0.171. The van der Waals surface area contributed by atoms with Crippen LogP contribution in [0.5, 0.6) is 0 Å². The quantitative estimate of drug-likeness (QED) is 0.674. The minimum Gasteiger partial charge on any atom is -0.496 e. The number of allylic oxidation sites excluding steroid dienone is 1. The molecule has 0 unspecified atom stereocenters. The molecule has 0 saturated carbocycles. The highest BCUT2D eigenvalue weighted by molar-refractivity contribution is 5.15. The molecular formula is C12H23NO. The summed E-state index contributed by atoms with van der Waals surface area (Å²) >= 11 is 0. The summed E-state index contributed by atoms with van der Waals surface area (Å²) in [6.07, 6.45) is 0. The van der Waals surface area contributed by atoms with Crippen molar-refractivity contribution in [2.45, 2.75) is 27.7 Å². The maximum absolute atomic E-state index is 5.85. The van der Waals surface area contributed by atoms with Gasteiger partial charge in [0.2, 0.25) is 0 Å². The van der Waals surface area contributed by atoms with Crippen LogP contribution in [-0.2, 0) is 4.74 Å². The van der Waals surface area contributed by atoms with Crippen LogP contribution in [0.3, 0.4) is 0 Å². The zero-order valence-corrected chi connectivity index (χ0v) is 10.1. The van der Waals surface area contributed by atoms with Gasteiger partial charge in [-0.3, -0.25) is 4.90 Å². The number of rotatable bonds is 2. The van der Waals surface area contributed by atoms with E-state index in [-0.39, 0.29) is 0 Å². The first-order valence-corrected chi connectivity index (χ1v) is 5.56. The average molecular weight is 197 g/mol. The van der Waals surface area contributed by atoms with Gasteiger partial charge in [0.15, 0.2) is 0 Å². The van der Waals surface area contributed by atoms with Gasteiger partial charge in [0.05, 0.1) is 5.76 Å². The number of ether oxygens (including phenoxy) is 1. The van der Waals surface area contributed by atoms with Crippen molar-refractivity contribution in [3.8, 4) is 0 Å². The Kier molecular flexibility index (Phi) is 3.99. The second-order valence-electron chi connectivity index (χ2n) is 4.79. The van der Waals surface area contributed by atoms with Gasteiger partial charge in [-0.2, -0.15) is 0 Å². The fraction of sp³-hybridized carbons (Fsp3) is 0.833. The van der Waals surface area contributed by atoms with Gasteiger partial charge in [-0.15, -0.1) is 0 Å². The Balaban J connectivity index is 2.91. The molecule has 0 aromatic rings. The molecule has 0 aromatic carbocycles. The lowest BCUT2D eigenvalue weighted by atomic mass is 9.97. The first-order chi connectivity index (χ1) is 6.52. The van der Waals surface area contributed by atoms with Crippen LogP contribution < -0.4 is 0 Å². The van der Waals surface area contributed by atoms with Crippen LogP contribution >= 0.6 is 0 Å². The van der Waals surface area contributed by atoms with Gasteiger partial charge in [-0.05, 0) is 18.5 Å². The maximum atomic E-state index is 5.85. The zero-order chi connectivity index (χ0) is 10.7. The normalized spacial score (nSPS) is 20.2. The van der Waals surface area contributed by atoms with Crippen LogP contribution in [0.4, 0.5) is 0 Å². The van der Waals surface area contributed by atoms with Crippen LogP contribution in [0.1, 0.15) is 27.7 Å². The SMILES string of the molecule is CC(C)C1=C(C(C)C)OCCN(C)C1. The molecule has 0 amide bonds. The third-order valence-electron chi connectivity index (χ3n) is 2.71. The van der Waals surface area contributed by atoms with Crippen LogP contribution in [-0.4, -0.2) is 31.6 Å². The van der Waals surface area contributed by atoms with Crippen molar-refractivity contribution in [2.75, 3.05) is 26.7 Å². The molecule has 1 rings (SSSR count). The standard InChI is InChI=1S/C12H23NO/c1-9(2)11-8-13(5)6-7-14-12(11)10(3)4/h9-10H,6-8H2,1-5H3. The molecule has 2 nitrogen and oxygen atoms in total. The summed E-state index contributed by atoms with van der Waals surface area (Å²) in [5, 5.41) is 0. The Labute approximate surface area is 87.9 Å². The van der Waals surface area contributed by atoms with Crippen molar-refractivity contribution in [3.63, 3.8) is 0 Å². The number of hydrogen-bond acceptors (Lipinski definition) is 2. The Morgan fingerprint density at radius 1 is 1.14 bits per heavy atom. The van der Waals surface area contributed by atoms with E-state index in [2.05, 4.69) is 39.6 Å². The van der Waals surface area contributed by atoms with Gasteiger partial charge >= 0.3 is 0 Å². The van der Waals surface area contributed by atoms with E-state index in [1.165, 1.54) is 11.3 Å². The molecule has 1 aliphatic heterocycles. The minimum absolute atomic E-state index is 0.513. The molecule has 0 aromatic heterocycles. The summed E-state index contributed by atoms with van der Waals surface area (Å²) in [5.41, 5.74) is 1.47. The van der Waals surface area contributed by atoms with Gasteiger partial charge in [-0.1, -0.05) is 27.7 Å². The summed E-state index contributed by atoms with van der Waals surface area (Å²) in [6.45, 7) is 11.9. The largest absolute Gasteiger partial charge is 0.496 e. The molecule has 0 saturated heterocycles.